The molecule has 0 bridgehead atoms. The van der Waals surface area contributed by atoms with Crippen LogP contribution >= 0.6 is 0 Å². The van der Waals surface area contributed by atoms with E-state index in [0.29, 0.717) is 0 Å². The number of hydrogen-bond acceptors (Lipinski definition) is 2. The molecule has 0 saturated carbocycles. The van der Waals surface area contributed by atoms with E-state index in [4.69, 9.17) is 5.84 Å². The van der Waals surface area contributed by atoms with E-state index in [1.54, 1.807) is 0 Å². The van der Waals surface area contributed by atoms with Crippen LogP contribution < -0.4 is 11.3 Å². The summed E-state index contributed by atoms with van der Waals surface area (Å²) in [5.74, 6) is 5.81. The number of benzene rings is 2. The normalized spacial score (nSPS) is 12.5. The van der Waals surface area contributed by atoms with Crippen molar-refractivity contribution >= 4 is 0 Å². The van der Waals surface area contributed by atoms with E-state index >= 15 is 0 Å². The third kappa shape index (κ3) is 3.03. The Morgan fingerprint density at radius 1 is 0.842 bits per heavy atom. The lowest BCUT2D eigenvalue weighted by Gasteiger charge is -2.20. The molecule has 0 spiro atoms. The lowest BCUT2D eigenvalue weighted by molar-refractivity contribution is 0.632. The molecule has 0 saturated heterocycles. The number of nitrogens with two attached hydrogens (primary N) is 1. The lowest BCUT2D eigenvalue weighted by Crippen LogP contribution is -2.29. The largest absolute Gasteiger partial charge is 0.271 e. The van der Waals surface area contributed by atoms with Gasteiger partial charge < -0.3 is 0 Å². The van der Waals surface area contributed by atoms with Gasteiger partial charge in [-0.15, -0.1) is 0 Å². The van der Waals surface area contributed by atoms with Gasteiger partial charge in [-0.05, 0) is 44.4 Å². The molecular weight excluding hydrogens is 232 g/mol. The summed E-state index contributed by atoms with van der Waals surface area (Å²) >= 11 is 0. The summed E-state index contributed by atoms with van der Waals surface area (Å²) in [7, 11) is 0. The molecule has 100 valence electrons. The predicted octanol–water partition coefficient (Wildman–Crippen LogP) is 3.47. The molecule has 0 fully saturated rings. The topological polar surface area (TPSA) is 38.0 Å². The highest BCUT2D eigenvalue weighted by molar-refractivity contribution is 5.41. The van der Waals surface area contributed by atoms with Crippen molar-refractivity contribution in [2.45, 2.75) is 33.7 Å². The lowest BCUT2D eigenvalue weighted by atomic mass is 9.92. The maximum atomic E-state index is 5.81. The van der Waals surface area contributed by atoms with Gasteiger partial charge in [0, 0.05) is 0 Å². The highest BCUT2D eigenvalue weighted by Crippen LogP contribution is 2.26. The van der Waals surface area contributed by atoms with Crippen molar-refractivity contribution in [2.75, 3.05) is 0 Å². The minimum absolute atomic E-state index is 0.0403. The van der Waals surface area contributed by atoms with Gasteiger partial charge in [-0.2, -0.15) is 0 Å². The molecule has 2 heteroatoms. The van der Waals surface area contributed by atoms with E-state index < -0.39 is 0 Å². The molecule has 2 aromatic rings. The van der Waals surface area contributed by atoms with E-state index in [2.05, 4.69) is 69.5 Å². The molecule has 2 rings (SSSR count). The molecule has 1 unspecified atom stereocenters. The predicted molar refractivity (Wildman–Crippen MR) is 81.0 cm³/mol. The summed E-state index contributed by atoms with van der Waals surface area (Å²) in [5, 5.41) is 0. The summed E-state index contributed by atoms with van der Waals surface area (Å²) in [6.07, 6.45) is 0. The van der Waals surface area contributed by atoms with Crippen molar-refractivity contribution in [3.8, 4) is 0 Å². The van der Waals surface area contributed by atoms with E-state index in [0.717, 1.165) is 0 Å². The standard InChI is InChI=1S/C17H22N2/c1-11-5-6-14(4)16(10-11)17(19-18)15-8-12(2)7-13(3)9-15/h5-10,17,19H,18H2,1-4H3. The fourth-order valence-electron chi connectivity index (χ4n) is 2.61. The van der Waals surface area contributed by atoms with Crippen LogP contribution in [-0.2, 0) is 0 Å². The van der Waals surface area contributed by atoms with Crippen molar-refractivity contribution in [1.29, 1.82) is 0 Å². The third-order valence-electron chi connectivity index (χ3n) is 3.49. The van der Waals surface area contributed by atoms with Gasteiger partial charge in [-0.3, -0.25) is 5.84 Å². The molecule has 2 aromatic carbocycles. The molecule has 3 N–H and O–H groups in total. The molecule has 0 radical (unpaired) electrons. The maximum Gasteiger partial charge on any atom is 0.0712 e. The number of nitrogens with one attached hydrogen (secondary N) is 1. The zero-order valence-electron chi connectivity index (χ0n) is 12.1. The Labute approximate surface area is 115 Å². The van der Waals surface area contributed by atoms with Gasteiger partial charge in [-0.1, -0.05) is 53.1 Å². The fourth-order valence-corrected chi connectivity index (χ4v) is 2.61. The molecule has 0 aliphatic heterocycles. The number of aryl methyl sites for hydroxylation is 4. The van der Waals surface area contributed by atoms with Crippen molar-refractivity contribution in [2.24, 2.45) is 5.84 Å². The van der Waals surface area contributed by atoms with Crippen LogP contribution in [0.15, 0.2) is 36.4 Å². The Balaban J connectivity index is 2.52. The maximum absolute atomic E-state index is 5.81. The van der Waals surface area contributed by atoms with Crippen LogP contribution in [0.1, 0.15) is 39.4 Å². The second-order valence-electron chi connectivity index (χ2n) is 5.38. The van der Waals surface area contributed by atoms with Crippen LogP contribution in [0.5, 0.6) is 0 Å². The van der Waals surface area contributed by atoms with Gasteiger partial charge in [0.05, 0.1) is 6.04 Å². The second-order valence-corrected chi connectivity index (χ2v) is 5.38. The van der Waals surface area contributed by atoms with Crippen molar-refractivity contribution < 1.29 is 0 Å². The Morgan fingerprint density at radius 3 is 2.05 bits per heavy atom. The van der Waals surface area contributed by atoms with Crippen LogP contribution in [0, 0.1) is 27.7 Å². The number of rotatable bonds is 3. The summed E-state index contributed by atoms with van der Waals surface area (Å²) in [6, 6.07) is 13.1. The average Bonchev–Trinajstić information content (AvgIpc) is 2.33. The first kappa shape index (κ1) is 13.8. The number of hydrazine groups is 1. The van der Waals surface area contributed by atoms with Gasteiger partial charge in [-0.25, -0.2) is 5.43 Å². The van der Waals surface area contributed by atoms with Crippen LogP contribution in [0.25, 0.3) is 0 Å². The summed E-state index contributed by atoms with van der Waals surface area (Å²) in [6.45, 7) is 8.47. The van der Waals surface area contributed by atoms with Crippen LogP contribution in [0.3, 0.4) is 0 Å². The minimum Gasteiger partial charge on any atom is -0.271 e. The summed E-state index contributed by atoms with van der Waals surface area (Å²) < 4.78 is 0. The molecule has 0 aliphatic carbocycles. The SMILES string of the molecule is Cc1cc(C)cc(C(NN)c2cc(C)ccc2C)c1. The average molecular weight is 254 g/mol. The zero-order chi connectivity index (χ0) is 14.0. The zero-order valence-corrected chi connectivity index (χ0v) is 12.1. The Hall–Kier alpha value is -1.64. The Bertz CT molecular complexity index is 568. The first-order chi connectivity index (χ1) is 9.01. The molecule has 0 amide bonds. The molecule has 19 heavy (non-hydrogen) atoms. The van der Waals surface area contributed by atoms with Crippen molar-refractivity contribution in [1.82, 2.24) is 5.43 Å². The van der Waals surface area contributed by atoms with Gasteiger partial charge in [0.15, 0.2) is 0 Å². The third-order valence-corrected chi connectivity index (χ3v) is 3.49. The van der Waals surface area contributed by atoms with Crippen LogP contribution in [-0.4, -0.2) is 0 Å². The van der Waals surface area contributed by atoms with Gasteiger partial charge in [0.2, 0.25) is 0 Å². The van der Waals surface area contributed by atoms with Gasteiger partial charge in [0.1, 0.15) is 0 Å². The summed E-state index contributed by atoms with van der Waals surface area (Å²) in [5.41, 5.74) is 10.5. The first-order valence-corrected chi connectivity index (χ1v) is 6.62. The van der Waals surface area contributed by atoms with Crippen LogP contribution in [0.2, 0.25) is 0 Å². The number of hydrogen-bond donors (Lipinski definition) is 2. The highest BCUT2D eigenvalue weighted by Gasteiger charge is 2.15. The van der Waals surface area contributed by atoms with E-state index in [-0.39, 0.29) is 6.04 Å². The molecule has 2 nitrogen and oxygen atoms in total. The quantitative estimate of drug-likeness (QED) is 0.650. The fraction of sp³-hybridized carbons (Fsp3) is 0.294. The Morgan fingerprint density at radius 2 is 1.47 bits per heavy atom. The molecular formula is C17H22N2. The highest BCUT2D eigenvalue weighted by atomic mass is 15.2. The van der Waals surface area contributed by atoms with Crippen molar-refractivity contribution in [3.63, 3.8) is 0 Å². The van der Waals surface area contributed by atoms with Crippen molar-refractivity contribution in [3.05, 3.63) is 69.8 Å². The second kappa shape index (κ2) is 5.55. The Kier molecular flexibility index (Phi) is 4.03. The molecule has 1 atom stereocenters. The van der Waals surface area contributed by atoms with Gasteiger partial charge in [0.25, 0.3) is 0 Å². The first-order valence-electron chi connectivity index (χ1n) is 6.62. The summed E-state index contributed by atoms with van der Waals surface area (Å²) in [4.78, 5) is 0. The molecule has 0 heterocycles. The van der Waals surface area contributed by atoms with Gasteiger partial charge >= 0.3 is 0 Å². The van der Waals surface area contributed by atoms with E-state index in [1.165, 1.54) is 33.4 Å². The smallest absolute Gasteiger partial charge is 0.0712 e. The molecule has 0 aromatic heterocycles. The van der Waals surface area contributed by atoms with E-state index in [1.807, 2.05) is 0 Å². The molecule has 0 aliphatic rings. The van der Waals surface area contributed by atoms with E-state index in [9.17, 15) is 0 Å². The van der Waals surface area contributed by atoms with Crippen LogP contribution in [0.4, 0.5) is 0 Å². The minimum atomic E-state index is 0.0403. The monoisotopic (exact) mass is 254 g/mol.